The number of carbonyl (C=O) groups is 1. The predicted molar refractivity (Wildman–Crippen MR) is 89.8 cm³/mol. The van der Waals surface area contributed by atoms with Crippen molar-refractivity contribution < 1.29 is 14.6 Å². The summed E-state index contributed by atoms with van der Waals surface area (Å²) < 4.78 is 6.25. The molecule has 0 atom stereocenters. The van der Waals surface area contributed by atoms with Gasteiger partial charge in [0.15, 0.2) is 11.4 Å². The Bertz CT molecular complexity index is 784. The van der Waals surface area contributed by atoms with Crippen LogP contribution in [0.3, 0.4) is 0 Å². The molecule has 0 aliphatic rings. The number of hydrogen-bond donors (Lipinski definition) is 2. The molecule has 0 aliphatic carbocycles. The first-order valence-electron chi connectivity index (χ1n) is 7.69. The Kier molecular flexibility index (Phi) is 5.57. The Balaban J connectivity index is 2.38. The predicted octanol–water partition coefficient (Wildman–Crippen LogP) is 1.72. The van der Waals surface area contributed by atoms with E-state index < -0.39 is 17.2 Å². The van der Waals surface area contributed by atoms with Gasteiger partial charge in [-0.2, -0.15) is 9.78 Å². The molecule has 0 aliphatic heterocycles. The van der Waals surface area contributed by atoms with Crippen molar-refractivity contribution >= 4 is 5.91 Å². The summed E-state index contributed by atoms with van der Waals surface area (Å²) in [5.41, 5.74) is -0.374. The van der Waals surface area contributed by atoms with Crippen LogP contribution in [-0.2, 0) is 0 Å². The lowest BCUT2D eigenvalue weighted by atomic mass is 10.1. The first-order chi connectivity index (χ1) is 11.4. The summed E-state index contributed by atoms with van der Waals surface area (Å²) in [6, 6.07) is 7.77. The van der Waals surface area contributed by atoms with Gasteiger partial charge in [0.2, 0.25) is 0 Å². The number of nitrogens with one attached hydrogen (secondary N) is 1. The average Bonchev–Trinajstić information content (AvgIpc) is 2.54. The van der Waals surface area contributed by atoms with Crippen LogP contribution in [0.25, 0.3) is 5.69 Å². The van der Waals surface area contributed by atoms with Crippen molar-refractivity contribution in [3.05, 3.63) is 46.4 Å². The van der Waals surface area contributed by atoms with Gasteiger partial charge < -0.3 is 15.2 Å². The molecule has 7 nitrogen and oxygen atoms in total. The summed E-state index contributed by atoms with van der Waals surface area (Å²) in [5, 5.41) is 16.6. The molecule has 2 N–H and O–H groups in total. The van der Waals surface area contributed by atoms with Gasteiger partial charge in [-0.15, -0.1) is 0 Å². The molecule has 1 aromatic heterocycles. The summed E-state index contributed by atoms with van der Waals surface area (Å²) in [7, 11) is 1.48. The Labute approximate surface area is 139 Å². The van der Waals surface area contributed by atoms with Crippen molar-refractivity contribution in [1.29, 1.82) is 0 Å². The number of methoxy groups -OCH3 is 1. The second-order valence-electron chi connectivity index (χ2n) is 5.74. The molecule has 2 aromatic rings. The molecule has 24 heavy (non-hydrogen) atoms. The summed E-state index contributed by atoms with van der Waals surface area (Å²) >= 11 is 0. The molecule has 0 fully saturated rings. The molecule has 0 spiro atoms. The number of nitrogens with zero attached hydrogens (tertiary/aromatic N) is 2. The molecule has 1 aromatic carbocycles. The van der Waals surface area contributed by atoms with Gasteiger partial charge in [-0.05, 0) is 24.5 Å². The number of amides is 1. The van der Waals surface area contributed by atoms with Crippen molar-refractivity contribution in [2.45, 2.75) is 20.3 Å². The summed E-state index contributed by atoms with van der Waals surface area (Å²) in [6.45, 7) is 4.55. The highest BCUT2D eigenvalue weighted by molar-refractivity contribution is 5.94. The van der Waals surface area contributed by atoms with Crippen molar-refractivity contribution in [2.75, 3.05) is 13.7 Å². The highest BCUT2D eigenvalue weighted by Crippen LogP contribution is 2.21. The first kappa shape index (κ1) is 17.5. The Morgan fingerprint density at radius 1 is 1.38 bits per heavy atom. The topological polar surface area (TPSA) is 93.5 Å². The zero-order chi connectivity index (χ0) is 17.7. The molecule has 0 saturated carbocycles. The van der Waals surface area contributed by atoms with Crippen molar-refractivity contribution in [3.8, 4) is 17.2 Å². The number of ether oxygens (including phenoxy) is 1. The van der Waals surface area contributed by atoms with E-state index in [2.05, 4.69) is 10.4 Å². The third kappa shape index (κ3) is 3.92. The van der Waals surface area contributed by atoms with Gasteiger partial charge in [-0.25, -0.2) is 0 Å². The summed E-state index contributed by atoms with van der Waals surface area (Å²) in [4.78, 5) is 24.4. The third-order valence-corrected chi connectivity index (χ3v) is 3.45. The monoisotopic (exact) mass is 331 g/mol. The molecule has 1 amide bonds. The number of rotatable bonds is 6. The van der Waals surface area contributed by atoms with Gasteiger partial charge in [0.05, 0.1) is 7.11 Å². The first-order valence-corrected chi connectivity index (χ1v) is 7.69. The number of hydrogen-bond acceptors (Lipinski definition) is 5. The van der Waals surface area contributed by atoms with Crippen molar-refractivity contribution in [2.24, 2.45) is 5.92 Å². The molecular formula is C17H21N3O4. The summed E-state index contributed by atoms with van der Waals surface area (Å²) in [5.74, 6) is -0.108. The Hall–Kier alpha value is -2.83. The Morgan fingerprint density at radius 2 is 2.08 bits per heavy atom. The number of aromatic nitrogens is 2. The third-order valence-electron chi connectivity index (χ3n) is 3.45. The van der Waals surface area contributed by atoms with Gasteiger partial charge in [-0.1, -0.05) is 26.0 Å². The van der Waals surface area contributed by atoms with Crippen molar-refractivity contribution in [3.63, 3.8) is 0 Å². The van der Waals surface area contributed by atoms with Gasteiger partial charge in [0.1, 0.15) is 11.4 Å². The summed E-state index contributed by atoms with van der Waals surface area (Å²) in [6.07, 6.45) is 0.804. The maximum absolute atomic E-state index is 12.2. The number of para-hydroxylation sites is 2. The van der Waals surface area contributed by atoms with E-state index in [4.69, 9.17) is 4.74 Å². The van der Waals surface area contributed by atoms with E-state index in [0.717, 1.165) is 17.2 Å². The van der Waals surface area contributed by atoms with Crippen LogP contribution in [0.5, 0.6) is 11.5 Å². The quantitative estimate of drug-likeness (QED) is 0.841. The molecule has 7 heteroatoms. The second-order valence-corrected chi connectivity index (χ2v) is 5.74. The number of carbonyl (C=O) groups excluding carboxylic acids is 1. The van der Waals surface area contributed by atoms with Gasteiger partial charge in [0, 0.05) is 12.6 Å². The van der Waals surface area contributed by atoms with Crippen LogP contribution >= 0.6 is 0 Å². The lowest BCUT2D eigenvalue weighted by molar-refractivity contribution is 0.0942. The van der Waals surface area contributed by atoms with Crippen LogP contribution in [-0.4, -0.2) is 34.4 Å². The van der Waals surface area contributed by atoms with Crippen LogP contribution in [0.1, 0.15) is 30.8 Å². The van der Waals surface area contributed by atoms with E-state index in [1.54, 1.807) is 24.3 Å². The van der Waals surface area contributed by atoms with E-state index in [1.807, 2.05) is 13.8 Å². The SMILES string of the molecule is COc1ccccc1-n1nc(C(=O)NCCC(C)C)c(O)cc1=O. The Morgan fingerprint density at radius 3 is 2.75 bits per heavy atom. The normalized spacial score (nSPS) is 10.7. The minimum atomic E-state index is -0.560. The second kappa shape index (κ2) is 7.63. The smallest absolute Gasteiger partial charge is 0.275 e. The van der Waals surface area contributed by atoms with Crippen LogP contribution in [0, 0.1) is 5.92 Å². The molecule has 128 valence electrons. The average molecular weight is 331 g/mol. The van der Waals surface area contributed by atoms with Crippen LogP contribution in [0.4, 0.5) is 0 Å². The van der Waals surface area contributed by atoms with E-state index in [9.17, 15) is 14.7 Å². The zero-order valence-corrected chi connectivity index (χ0v) is 13.9. The number of benzene rings is 1. The highest BCUT2D eigenvalue weighted by Gasteiger charge is 2.18. The van der Waals surface area contributed by atoms with Gasteiger partial charge in [-0.3, -0.25) is 9.59 Å². The van der Waals surface area contributed by atoms with E-state index in [-0.39, 0.29) is 5.69 Å². The van der Waals surface area contributed by atoms with Crippen molar-refractivity contribution in [1.82, 2.24) is 15.1 Å². The van der Waals surface area contributed by atoms with Crippen LogP contribution in [0.15, 0.2) is 35.1 Å². The molecule has 0 bridgehead atoms. The zero-order valence-electron chi connectivity index (χ0n) is 13.9. The molecule has 0 unspecified atom stereocenters. The fourth-order valence-electron chi connectivity index (χ4n) is 2.14. The molecule has 1 heterocycles. The maximum atomic E-state index is 12.2. The molecule has 2 rings (SSSR count). The van der Waals surface area contributed by atoms with Crippen LogP contribution in [0.2, 0.25) is 0 Å². The standard InChI is InChI=1S/C17H21N3O4/c1-11(2)8-9-18-17(23)16-13(21)10-15(22)20(19-16)12-6-4-5-7-14(12)24-3/h4-7,10-11,21H,8-9H2,1-3H3,(H,18,23). The van der Waals surface area contributed by atoms with Crippen LogP contribution < -0.4 is 15.6 Å². The van der Waals surface area contributed by atoms with Gasteiger partial charge >= 0.3 is 0 Å². The minimum absolute atomic E-state index is 0.204. The fourth-order valence-corrected chi connectivity index (χ4v) is 2.14. The highest BCUT2D eigenvalue weighted by atomic mass is 16.5. The number of aromatic hydroxyl groups is 1. The molecule has 0 saturated heterocycles. The van der Waals surface area contributed by atoms with Gasteiger partial charge in [0.25, 0.3) is 11.5 Å². The molecule has 0 radical (unpaired) electrons. The largest absolute Gasteiger partial charge is 0.505 e. The maximum Gasteiger partial charge on any atom is 0.275 e. The molecular weight excluding hydrogens is 310 g/mol. The minimum Gasteiger partial charge on any atom is -0.505 e. The van der Waals surface area contributed by atoms with E-state index >= 15 is 0 Å². The lowest BCUT2D eigenvalue weighted by Gasteiger charge is -2.12. The lowest BCUT2D eigenvalue weighted by Crippen LogP contribution is -2.30. The van der Waals surface area contributed by atoms with E-state index in [0.29, 0.717) is 23.9 Å². The fraction of sp³-hybridized carbons (Fsp3) is 0.353. The van der Waals surface area contributed by atoms with E-state index in [1.165, 1.54) is 7.11 Å².